The molecule has 0 bridgehead atoms. The Morgan fingerprint density at radius 3 is 2.41 bits per heavy atom. The normalized spacial score (nSPS) is 16.8. The minimum Gasteiger partial charge on any atom is -0.327 e. The lowest BCUT2D eigenvalue weighted by molar-refractivity contribution is -0.113. The quantitative estimate of drug-likeness (QED) is 0.757. The number of benzene rings is 2. The molecule has 5 nitrogen and oxygen atoms in total. The fourth-order valence-electron chi connectivity index (χ4n) is 3.07. The maximum atomic E-state index is 13.9. The summed E-state index contributed by atoms with van der Waals surface area (Å²) in [5, 5.41) is 7.99. The van der Waals surface area contributed by atoms with Gasteiger partial charge in [0.2, 0.25) is 0 Å². The molecule has 0 aromatic heterocycles. The van der Waals surface area contributed by atoms with Crippen molar-refractivity contribution >= 4 is 17.6 Å². The van der Waals surface area contributed by atoms with Crippen molar-refractivity contribution in [2.75, 3.05) is 5.32 Å². The highest BCUT2D eigenvalue weighted by atomic mass is 19.1. The second kappa shape index (κ2) is 7.61. The topological polar surface area (TPSA) is 70.2 Å². The monoisotopic (exact) mass is 367 g/mol. The van der Waals surface area contributed by atoms with Gasteiger partial charge < -0.3 is 16.0 Å². The zero-order chi connectivity index (χ0) is 19.6. The van der Waals surface area contributed by atoms with Gasteiger partial charge in [-0.15, -0.1) is 0 Å². The van der Waals surface area contributed by atoms with Crippen LogP contribution in [0.3, 0.4) is 0 Å². The highest BCUT2D eigenvalue weighted by molar-refractivity contribution is 6.06. The number of urea groups is 1. The van der Waals surface area contributed by atoms with Gasteiger partial charge in [0.1, 0.15) is 5.82 Å². The minimum atomic E-state index is -0.619. The highest BCUT2D eigenvalue weighted by Gasteiger charge is 2.31. The number of amides is 3. The van der Waals surface area contributed by atoms with Gasteiger partial charge in [0, 0.05) is 5.70 Å². The predicted octanol–water partition coefficient (Wildman–Crippen LogP) is 4.22. The van der Waals surface area contributed by atoms with Crippen molar-refractivity contribution in [3.63, 3.8) is 0 Å². The number of carbonyl (C=O) groups is 2. The summed E-state index contributed by atoms with van der Waals surface area (Å²) in [7, 11) is 0. The molecule has 27 heavy (non-hydrogen) atoms. The first-order chi connectivity index (χ1) is 12.9. The standard InChI is InChI=1S/C21H22FN3O2/c1-12(2)14-8-10-15(11-9-14)19-18(13(3)23-21(27)25-19)20(26)24-17-7-5-4-6-16(17)22/h4-12,19H,1-3H3,(H,24,26)(H2,23,25,27)/t19-/m0/s1. The zero-order valence-electron chi connectivity index (χ0n) is 15.5. The Labute approximate surface area is 157 Å². The van der Waals surface area contributed by atoms with Crippen LogP contribution >= 0.6 is 0 Å². The number of nitrogens with one attached hydrogen (secondary N) is 3. The second-order valence-electron chi connectivity index (χ2n) is 6.83. The third kappa shape index (κ3) is 4.00. The molecule has 1 heterocycles. The molecule has 0 radical (unpaired) electrons. The molecule has 2 aromatic carbocycles. The summed E-state index contributed by atoms with van der Waals surface area (Å²) in [6, 6.07) is 12.7. The molecule has 0 unspecified atom stereocenters. The number of carbonyl (C=O) groups excluding carboxylic acids is 2. The molecule has 3 rings (SSSR count). The second-order valence-corrected chi connectivity index (χ2v) is 6.83. The van der Waals surface area contributed by atoms with E-state index in [0.717, 1.165) is 11.1 Å². The Kier molecular flexibility index (Phi) is 5.26. The van der Waals surface area contributed by atoms with Gasteiger partial charge in [-0.3, -0.25) is 4.79 Å². The van der Waals surface area contributed by atoms with E-state index in [1.54, 1.807) is 19.1 Å². The summed E-state index contributed by atoms with van der Waals surface area (Å²) in [6.07, 6.45) is 0. The lowest BCUT2D eigenvalue weighted by atomic mass is 9.92. The van der Waals surface area contributed by atoms with Crippen LogP contribution in [0.25, 0.3) is 0 Å². The van der Waals surface area contributed by atoms with Gasteiger partial charge in [-0.2, -0.15) is 0 Å². The Balaban J connectivity index is 1.94. The molecule has 3 N–H and O–H groups in total. The number of rotatable bonds is 4. The van der Waals surface area contributed by atoms with Crippen LogP contribution < -0.4 is 16.0 Å². The summed E-state index contributed by atoms with van der Waals surface area (Å²) in [6.45, 7) is 5.85. The first-order valence-corrected chi connectivity index (χ1v) is 8.81. The zero-order valence-corrected chi connectivity index (χ0v) is 15.5. The van der Waals surface area contributed by atoms with E-state index >= 15 is 0 Å². The van der Waals surface area contributed by atoms with Gasteiger partial charge in [-0.25, -0.2) is 9.18 Å². The van der Waals surface area contributed by atoms with Crippen molar-refractivity contribution < 1.29 is 14.0 Å². The Hall–Kier alpha value is -3.15. The molecule has 0 fully saturated rings. The molecule has 1 atom stereocenters. The van der Waals surface area contributed by atoms with Gasteiger partial charge in [-0.05, 0) is 36.1 Å². The molecule has 0 spiro atoms. The van der Waals surface area contributed by atoms with Crippen molar-refractivity contribution in [2.45, 2.75) is 32.7 Å². The van der Waals surface area contributed by atoms with Crippen LogP contribution in [0.5, 0.6) is 0 Å². The summed E-state index contributed by atoms with van der Waals surface area (Å²) < 4.78 is 13.9. The Morgan fingerprint density at radius 1 is 1.11 bits per heavy atom. The number of para-hydroxylation sites is 1. The van der Waals surface area contributed by atoms with Crippen LogP contribution in [0.1, 0.15) is 43.9 Å². The van der Waals surface area contributed by atoms with Crippen molar-refractivity contribution in [2.24, 2.45) is 0 Å². The molecule has 1 aliphatic rings. The average Bonchev–Trinajstić information content (AvgIpc) is 2.63. The molecule has 3 amide bonds. The molecule has 0 aliphatic carbocycles. The number of hydrogen-bond acceptors (Lipinski definition) is 2. The van der Waals surface area contributed by atoms with Crippen molar-refractivity contribution in [1.82, 2.24) is 10.6 Å². The molecule has 0 saturated carbocycles. The smallest absolute Gasteiger partial charge is 0.319 e. The predicted molar refractivity (Wildman–Crippen MR) is 103 cm³/mol. The van der Waals surface area contributed by atoms with Crippen molar-refractivity contribution in [1.29, 1.82) is 0 Å². The number of anilines is 1. The Bertz CT molecular complexity index is 904. The summed E-state index contributed by atoms with van der Waals surface area (Å²) in [4.78, 5) is 24.8. The lowest BCUT2D eigenvalue weighted by Crippen LogP contribution is -2.46. The number of allylic oxidation sites excluding steroid dienone is 1. The third-order valence-electron chi connectivity index (χ3n) is 4.57. The van der Waals surface area contributed by atoms with Crippen molar-refractivity contribution in [3.8, 4) is 0 Å². The van der Waals surface area contributed by atoms with E-state index < -0.39 is 17.8 Å². The van der Waals surface area contributed by atoms with E-state index in [1.165, 1.54) is 12.1 Å². The summed E-state index contributed by atoms with van der Waals surface area (Å²) in [5.41, 5.74) is 2.82. The van der Waals surface area contributed by atoms with E-state index in [2.05, 4.69) is 29.8 Å². The molecule has 2 aromatic rings. The SMILES string of the molecule is CC1=C(C(=O)Nc2ccccc2F)[C@H](c2ccc(C(C)C)cc2)NC(=O)N1. The first kappa shape index (κ1) is 18.6. The molecule has 0 saturated heterocycles. The minimum absolute atomic E-state index is 0.0913. The third-order valence-corrected chi connectivity index (χ3v) is 4.57. The van der Waals surface area contributed by atoms with Crippen LogP contribution in [0.2, 0.25) is 0 Å². The van der Waals surface area contributed by atoms with Gasteiger partial charge in [0.15, 0.2) is 0 Å². The van der Waals surface area contributed by atoms with E-state index in [0.29, 0.717) is 17.2 Å². The average molecular weight is 367 g/mol. The van der Waals surface area contributed by atoms with Crippen LogP contribution in [-0.2, 0) is 4.79 Å². The van der Waals surface area contributed by atoms with Gasteiger partial charge in [0.25, 0.3) is 5.91 Å². The van der Waals surface area contributed by atoms with Gasteiger partial charge >= 0.3 is 6.03 Å². The fourth-order valence-corrected chi connectivity index (χ4v) is 3.07. The largest absolute Gasteiger partial charge is 0.327 e. The highest BCUT2D eigenvalue weighted by Crippen LogP contribution is 2.29. The van der Waals surface area contributed by atoms with Crippen LogP contribution in [0.15, 0.2) is 59.8 Å². The Morgan fingerprint density at radius 2 is 1.78 bits per heavy atom. The molecule has 140 valence electrons. The molecule has 6 heteroatoms. The maximum Gasteiger partial charge on any atom is 0.319 e. The van der Waals surface area contributed by atoms with Gasteiger partial charge in [0.05, 0.1) is 17.3 Å². The van der Waals surface area contributed by atoms with E-state index in [-0.39, 0.29) is 11.7 Å². The number of hydrogen-bond donors (Lipinski definition) is 3. The lowest BCUT2D eigenvalue weighted by Gasteiger charge is -2.29. The number of halogens is 1. The van der Waals surface area contributed by atoms with Crippen LogP contribution in [0, 0.1) is 5.82 Å². The van der Waals surface area contributed by atoms with E-state index in [1.807, 2.05) is 24.3 Å². The molecular weight excluding hydrogens is 345 g/mol. The summed E-state index contributed by atoms with van der Waals surface area (Å²) >= 11 is 0. The maximum absolute atomic E-state index is 13.9. The van der Waals surface area contributed by atoms with Crippen LogP contribution in [0.4, 0.5) is 14.9 Å². The van der Waals surface area contributed by atoms with Crippen molar-refractivity contribution in [3.05, 3.63) is 76.7 Å². The molecule has 1 aliphatic heterocycles. The van der Waals surface area contributed by atoms with E-state index in [9.17, 15) is 14.0 Å². The van der Waals surface area contributed by atoms with Gasteiger partial charge in [-0.1, -0.05) is 50.2 Å². The molecular formula is C21H22FN3O2. The summed E-state index contributed by atoms with van der Waals surface area (Å²) in [5.74, 6) is -0.611. The van der Waals surface area contributed by atoms with Crippen LogP contribution in [-0.4, -0.2) is 11.9 Å². The first-order valence-electron chi connectivity index (χ1n) is 8.81. The van der Waals surface area contributed by atoms with E-state index in [4.69, 9.17) is 0 Å². The fraction of sp³-hybridized carbons (Fsp3) is 0.238.